The Kier molecular flexibility index (Phi) is 9.38. The van der Waals surface area contributed by atoms with Crippen LogP contribution in [0.15, 0.2) is 17.1 Å². The third kappa shape index (κ3) is 7.09. The summed E-state index contributed by atoms with van der Waals surface area (Å²) in [6.45, 7) is 5.80. The summed E-state index contributed by atoms with van der Waals surface area (Å²) in [6.07, 6.45) is 15.5. The molecule has 1 heterocycles. The van der Waals surface area contributed by atoms with Crippen molar-refractivity contribution in [3.05, 3.63) is 12.2 Å². The SMILES string of the molecule is CCCC/C=C/CCCCCCC1=NCCN1C(C)O. The van der Waals surface area contributed by atoms with Crippen LogP contribution in [0.3, 0.4) is 0 Å². The van der Waals surface area contributed by atoms with E-state index in [0.29, 0.717) is 0 Å². The molecular formula is C17H32N2O. The largest absolute Gasteiger partial charge is 0.374 e. The van der Waals surface area contributed by atoms with Gasteiger partial charge in [0.1, 0.15) is 12.1 Å². The number of unbranched alkanes of at least 4 members (excludes halogenated alkanes) is 6. The molecule has 1 aliphatic rings. The van der Waals surface area contributed by atoms with Crippen LogP contribution in [0.5, 0.6) is 0 Å². The lowest BCUT2D eigenvalue weighted by atomic mass is 10.1. The predicted octanol–water partition coefficient (Wildman–Crippen LogP) is 4.13. The van der Waals surface area contributed by atoms with Gasteiger partial charge in [0.15, 0.2) is 0 Å². The lowest BCUT2D eigenvalue weighted by molar-refractivity contribution is 0.0766. The van der Waals surface area contributed by atoms with Crippen LogP contribution in [0, 0.1) is 0 Å². The zero-order chi connectivity index (χ0) is 14.6. The van der Waals surface area contributed by atoms with Gasteiger partial charge in [0.25, 0.3) is 0 Å². The molecule has 20 heavy (non-hydrogen) atoms. The second-order valence-electron chi connectivity index (χ2n) is 5.69. The minimum absolute atomic E-state index is 0.385. The highest BCUT2D eigenvalue weighted by Gasteiger charge is 2.19. The van der Waals surface area contributed by atoms with Crippen LogP contribution in [0.1, 0.15) is 71.6 Å². The Labute approximate surface area is 124 Å². The third-order valence-electron chi connectivity index (χ3n) is 3.83. The van der Waals surface area contributed by atoms with Crippen molar-refractivity contribution in [2.24, 2.45) is 4.99 Å². The van der Waals surface area contributed by atoms with E-state index in [0.717, 1.165) is 25.3 Å². The summed E-state index contributed by atoms with van der Waals surface area (Å²) in [5.41, 5.74) is 0. The summed E-state index contributed by atoms with van der Waals surface area (Å²) >= 11 is 0. The molecule has 1 rings (SSSR count). The molecule has 1 N–H and O–H groups in total. The van der Waals surface area contributed by atoms with Crippen LogP contribution in [-0.2, 0) is 0 Å². The minimum Gasteiger partial charge on any atom is -0.374 e. The Morgan fingerprint density at radius 1 is 1.15 bits per heavy atom. The van der Waals surface area contributed by atoms with Gasteiger partial charge in [0.2, 0.25) is 0 Å². The van der Waals surface area contributed by atoms with Crippen molar-refractivity contribution in [3.63, 3.8) is 0 Å². The number of rotatable bonds is 11. The zero-order valence-electron chi connectivity index (χ0n) is 13.4. The first kappa shape index (κ1) is 17.2. The van der Waals surface area contributed by atoms with E-state index in [-0.39, 0.29) is 6.23 Å². The lowest BCUT2D eigenvalue weighted by Gasteiger charge is -2.23. The summed E-state index contributed by atoms with van der Waals surface area (Å²) in [5, 5.41) is 9.62. The number of amidine groups is 1. The van der Waals surface area contributed by atoms with E-state index in [2.05, 4.69) is 24.1 Å². The molecule has 1 atom stereocenters. The summed E-state index contributed by atoms with van der Waals surface area (Å²) in [5.74, 6) is 1.11. The molecule has 0 aliphatic carbocycles. The summed E-state index contributed by atoms with van der Waals surface area (Å²) in [7, 11) is 0. The first-order valence-corrected chi connectivity index (χ1v) is 8.38. The maximum Gasteiger partial charge on any atom is 0.125 e. The number of aliphatic hydroxyl groups is 1. The van der Waals surface area contributed by atoms with Gasteiger partial charge in [-0.05, 0) is 32.6 Å². The van der Waals surface area contributed by atoms with Gasteiger partial charge in [0.05, 0.1) is 6.54 Å². The van der Waals surface area contributed by atoms with E-state index in [1.54, 1.807) is 0 Å². The number of aliphatic hydroxyl groups excluding tert-OH is 1. The second-order valence-corrected chi connectivity index (χ2v) is 5.69. The number of allylic oxidation sites excluding steroid dienone is 2. The molecule has 0 amide bonds. The highest BCUT2D eigenvalue weighted by atomic mass is 16.3. The highest BCUT2D eigenvalue weighted by molar-refractivity contribution is 5.83. The van der Waals surface area contributed by atoms with Crippen molar-refractivity contribution >= 4 is 5.84 Å². The molecule has 0 aromatic heterocycles. The van der Waals surface area contributed by atoms with Crippen molar-refractivity contribution in [1.29, 1.82) is 0 Å². The zero-order valence-corrected chi connectivity index (χ0v) is 13.4. The summed E-state index contributed by atoms with van der Waals surface area (Å²) < 4.78 is 0. The van der Waals surface area contributed by atoms with Crippen molar-refractivity contribution in [2.75, 3.05) is 13.1 Å². The molecule has 3 nitrogen and oxygen atoms in total. The van der Waals surface area contributed by atoms with E-state index < -0.39 is 0 Å². The number of aliphatic imine (C=N–C) groups is 1. The minimum atomic E-state index is -0.385. The van der Waals surface area contributed by atoms with Crippen LogP contribution in [-0.4, -0.2) is 35.2 Å². The molecule has 1 unspecified atom stereocenters. The van der Waals surface area contributed by atoms with Gasteiger partial charge in [-0.1, -0.05) is 44.8 Å². The lowest BCUT2D eigenvalue weighted by Crippen LogP contribution is -2.35. The molecule has 0 saturated heterocycles. The predicted molar refractivity (Wildman–Crippen MR) is 87.1 cm³/mol. The van der Waals surface area contributed by atoms with Gasteiger partial charge in [-0.15, -0.1) is 0 Å². The average molecular weight is 280 g/mol. The number of nitrogens with zero attached hydrogens (tertiary/aromatic N) is 2. The van der Waals surface area contributed by atoms with E-state index >= 15 is 0 Å². The third-order valence-corrected chi connectivity index (χ3v) is 3.83. The van der Waals surface area contributed by atoms with Crippen LogP contribution in [0.4, 0.5) is 0 Å². The van der Waals surface area contributed by atoms with Gasteiger partial charge in [0, 0.05) is 13.0 Å². The quantitative estimate of drug-likeness (QED) is 0.456. The van der Waals surface area contributed by atoms with Crippen LogP contribution >= 0.6 is 0 Å². The second kappa shape index (κ2) is 10.9. The molecule has 0 bridgehead atoms. The number of hydrogen-bond acceptors (Lipinski definition) is 3. The van der Waals surface area contributed by atoms with Crippen LogP contribution < -0.4 is 0 Å². The van der Waals surface area contributed by atoms with Gasteiger partial charge in [-0.25, -0.2) is 0 Å². The molecule has 0 aromatic rings. The molecule has 0 aromatic carbocycles. The van der Waals surface area contributed by atoms with Crippen LogP contribution in [0.25, 0.3) is 0 Å². The highest BCUT2D eigenvalue weighted by Crippen LogP contribution is 2.13. The maximum absolute atomic E-state index is 9.62. The fourth-order valence-electron chi connectivity index (χ4n) is 2.59. The normalized spacial score (nSPS) is 16.9. The smallest absolute Gasteiger partial charge is 0.125 e. The van der Waals surface area contributed by atoms with E-state index in [9.17, 15) is 5.11 Å². The molecule has 0 spiro atoms. The van der Waals surface area contributed by atoms with Crippen LogP contribution in [0.2, 0.25) is 0 Å². The van der Waals surface area contributed by atoms with Gasteiger partial charge in [-0.3, -0.25) is 4.99 Å². The fourth-order valence-corrected chi connectivity index (χ4v) is 2.59. The molecule has 1 aliphatic heterocycles. The summed E-state index contributed by atoms with van der Waals surface area (Å²) in [6, 6.07) is 0. The summed E-state index contributed by atoms with van der Waals surface area (Å²) in [4.78, 5) is 6.51. The Balaban J connectivity index is 1.96. The molecule has 0 radical (unpaired) electrons. The standard InChI is InChI=1S/C17H32N2O/c1-3-4-5-6-7-8-9-10-11-12-13-17-18-14-15-19(17)16(2)20/h6-7,16,20H,3-5,8-15H2,1-2H3/b7-6+. The van der Waals surface area contributed by atoms with Gasteiger partial charge >= 0.3 is 0 Å². The van der Waals surface area contributed by atoms with Crippen molar-refractivity contribution < 1.29 is 5.11 Å². The average Bonchev–Trinajstić information content (AvgIpc) is 2.89. The Morgan fingerprint density at radius 2 is 1.85 bits per heavy atom. The fraction of sp³-hybridized carbons (Fsp3) is 0.824. The van der Waals surface area contributed by atoms with E-state index in [1.807, 2.05) is 11.8 Å². The Hall–Kier alpha value is -0.830. The first-order chi connectivity index (χ1) is 9.75. The molecule has 116 valence electrons. The van der Waals surface area contributed by atoms with Gasteiger partial charge < -0.3 is 10.0 Å². The molecule has 0 fully saturated rings. The maximum atomic E-state index is 9.62. The molecular weight excluding hydrogens is 248 g/mol. The molecule has 3 heteroatoms. The van der Waals surface area contributed by atoms with E-state index in [4.69, 9.17) is 0 Å². The van der Waals surface area contributed by atoms with Crippen molar-refractivity contribution in [1.82, 2.24) is 4.90 Å². The monoisotopic (exact) mass is 280 g/mol. The number of hydrogen-bond donors (Lipinski definition) is 1. The first-order valence-electron chi connectivity index (χ1n) is 8.38. The molecule has 0 saturated carbocycles. The Bertz CT molecular complexity index is 297. The van der Waals surface area contributed by atoms with Crippen molar-refractivity contribution in [2.45, 2.75) is 77.9 Å². The Morgan fingerprint density at radius 3 is 2.55 bits per heavy atom. The topological polar surface area (TPSA) is 35.8 Å². The van der Waals surface area contributed by atoms with Gasteiger partial charge in [-0.2, -0.15) is 0 Å². The van der Waals surface area contributed by atoms with Crippen molar-refractivity contribution in [3.8, 4) is 0 Å². The van der Waals surface area contributed by atoms with E-state index in [1.165, 1.54) is 51.4 Å².